The molecule has 1 saturated heterocycles. The number of benzene rings is 4. The van der Waals surface area contributed by atoms with Crippen LogP contribution in [0.5, 0.6) is 0 Å². The van der Waals surface area contributed by atoms with Crippen molar-refractivity contribution >= 4 is 6.09 Å². The van der Waals surface area contributed by atoms with Gasteiger partial charge < -0.3 is 14.6 Å². The SMILES string of the molecule is C[C@@H](OC[C@@]1(c2ccccc2)C(O)C[C@H](c2ccccc2)N1C(=O)OCc1ccccc1)c1cc(C(F)(F)F)cc(C(F)(F)F)c1. The molecule has 4 aromatic rings. The molecule has 46 heavy (non-hydrogen) atoms. The minimum Gasteiger partial charge on any atom is -0.445 e. The summed E-state index contributed by atoms with van der Waals surface area (Å²) < 4.78 is 93.4. The third-order valence-corrected chi connectivity index (χ3v) is 8.23. The van der Waals surface area contributed by atoms with Crippen molar-refractivity contribution in [2.24, 2.45) is 0 Å². The van der Waals surface area contributed by atoms with Gasteiger partial charge in [-0.15, -0.1) is 0 Å². The van der Waals surface area contributed by atoms with Crippen LogP contribution in [0.2, 0.25) is 0 Å². The van der Waals surface area contributed by atoms with Crippen LogP contribution in [0.3, 0.4) is 0 Å². The van der Waals surface area contributed by atoms with E-state index in [-0.39, 0.29) is 24.7 Å². The Bertz CT molecular complexity index is 1580. The van der Waals surface area contributed by atoms with Gasteiger partial charge in [0.25, 0.3) is 0 Å². The minimum atomic E-state index is -5.04. The summed E-state index contributed by atoms with van der Waals surface area (Å²) in [5, 5.41) is 11.8. The Morgan fingerprint density at radius 3 is 1.91 bits per heavy atom. The van der Waals surface area contributed by atoms with Gasteiger partial charge in [0.15, 0.2) is 0 Å². The summed E-state index contributed by atoms with van der Waals surface area (Å²) in [5.74, 6) is 0. The van der Waals surface area contributed by atoms with Gasteiger partial charge in [0.05, 0.1) is 36.0 Å². The van der Waals surface area contributed by atoms with Crippen LogP contribution in [0, 0.1) is 0 Å². The van der Waals surface area contributed by atoms with E-state index in [2.05, 4.69) is 0 Å². The Labute approximate surface area is 262 Å². The van der Waals surface area contributed by atoms with Crippen LogP contribution < -0.4 is 0 Å². The molecule has 4 atom stereocenters. The van der Waals surface area contributed by atoms with Gasteiger partial charge >= 0.3 is 18.4 Å². The Morgan fingerprint density at radius 2 is 1.37 bits per heavy atom. The van der Waals surface area contributed by atoms with Crippen LogP contribution in [-0.4, -0.2) is 28.8 Å². The van der Waals surface area contributed by atoms with Gasteiger partial charge in [0.2, 0.25) is 0 Å². The van der Waals surface area contributed by atoms with Crippen LogP contribution >= 0.6 is 0 Å². The molecule has 1 aliphatic rings. The van der Waals surface area contributed by atoms with Crippen LogP contribution in [0.15, 0.2) is 109 Å². The van der Waals surface area contributed by atoms with Gasteiger partial charge in [0.1, 0.15) is 12.1 Å². The Kier molecular flexibility index (Phi) is 9.46. The summed E-state index contributed by atoms with van der Waals surface area (Å²) >= 11 is 0. The fourth-order valence-corrected chi connectivity index (χ4v) is 5.86. The number of likely N-dealkylation sites (tertiary alicyclic amines) is 1. The van der Waals surface area contributed by atoms with Gasteiger partial charge in [0, 0.05) is 6.42 Å². The van der Waals surface area contributed by atoms with Crippen molar-refractivity contribution in [3.8, 4) is 0 Å². The number of halogens is 6. The number of ether oxygens (including phenoxy) is 2. The molecule has 11 heteroatoms. The van der Waals surface area contributed by atoms with Crippen molar-refractivity contribution in [3.63, 3.8) is 0 Å². The van der Waals surface area contributed by atoms with Crippen molar-refractivity contribution in [1.29, 1.82) is 0 Å². The number of carbonyl (C=O) groups is 1. The van der Waals surface area contributed by atoms with Gasteiger partial charge in [-0.1, -0.05) is 91.0 Å². The number of rotatable bonds is 8. The standard InChI is InChI=1S/C35H31F6NO4/c1-23(26-17-28(34(36,37)38)19-29(18-26)35(39,40)41)46-22-33(27-15-9-4-10-16-27)31(43)20-30(25-13-7-3-8-14-25)42(33)32(44)45-21-24-11-5-2-6-12-24/h2-19,23,30-31,43H,20-22H2,1H3/t23-,30-,31?,33-/m1/s1. The average molecular weight is 644 g/mol. The van der Waals surface area contributed by atoms with E-state index in [0.29, 0.717) is 28.8 Å². The number of alkyl halides is 6. The van der Waals surface area contributed by atoms with E-state index in [0.717, 1.165) is 0 Å². The van der Waals surface area contributed by atoms with E-state index in [9.17, 15) is 36.2 Å². The minimum absolute atomic E-state index is 0.0529. The second-order valence-corrected chi connectivity index (χ2v) is 11.2. The molecule has 0 radical (unpaired) electrons. The molecule has 1 amide bonds. The fourth-order valence-electron chi connectivity index (χ4n) is 5.86. The summed E-state index contributed by atoms with van der Waals surface area (Å²) in [7, 11) is 0. The average Bonchev–Trinajstić information content (AvgIpc) is 3.35. The molecule has 5 rings (SSSR count). The number of aliphatic hydroxyl groups excluding tert-OH is 1. The maximum atomic E-state index is 14.0. The smallest absolute Gasteiger partial charge is 0.416 e. The summed E-state index contributed by atoms with van der Waals surface area (Å²) in [6.07, 6.45) is -13.4. The molecule has 0 bridgehead atoms. The quantitative estimate of drug-likeness (QED) is 0.195. The molecule has 1 heterocycles. The summed E-state index contributed by atoms with van der Waals surface area (Å²) in [5.41, 5.74) is -3.08. The molecule has 1 N–H and O–H groups in total. The first-order valence-electron chi connectivity index (χ1n) is 14.5. The van der Waals surface area contributed by atoms with Gasteiger partial charge in [-0.05, 0) is 47.4 Å². The number of hydrogen-bond donors (Lipinski definition) is 1. The third kappa shape index (κ3) is 6.90. The van der Waals surface area contributed by atoms with Crippen LogP contribution in [0.4, 0.5) is 31.1 Å². The Hall–Kier alpha value is -4.35. The van der Waals surface area contributed by atoms with Crippen LogP contribution in [0.25, 0.3) is 0 Å². The topological polar surface area (TPSA) is 59.0 Å². The zero-order chi connectivity index (χ0) is 33.1. The highest BCUT2D eigenvalue weighted by atomic mass is 19.4. The first-order chi connectivity index (χ1) is 21.8. The van der Waals surface area contributed by atoms with Gasteiger partial charge in [-0.25, -0.2) is 4.79 Å². The van der Waals surface area contributed by atoms with Gasteiger partial charge in [-0.2, -0.15) is 26.3 Å². The molecule has 0 aliphatic carbocycles. The molecular weight excluding hydrogens is 612 g/mol. The zero-order valence-corrected chi connectivity index (χ0v) is 24.6. The number of hydrogen-bond acceptors (Lipinski definition) is 4. The maximum Gasteiger partial charge on any atom is 0.416 e. The molecule has 1 aliphatic heterocycles. The first-order valence-corrected chi connectivity index (χ1v) is 14.5. The lowest BCUT2D eigenvalue weighted by atomic mass is 9.85. The Balaban J connectivity index is 1.56. The molecule has 0 aromatic heterocycles. The highest BCUT2D eigenvalue weighted by molar-refractivity contribution is 5.71. The normalized spacial score (nSPS) is 20.8. The van der Waals surface area contributed by atoms with Gasteiger partial charge in [-0.3, -0.25) is 4.90 Å². The van der Waals surface area contributed by atoms with Crippen LogP contribution in [0.1, 0.15) is 58.9 Å². The molecule has 1 unspecified atom stereocenters. The fraction of sp³-hybridized carbons (Fsp3) is 0.286. The van der Waals surface area contributed by atoms with E-state index in [4.69, 9.17) is 9.47 Å². The van der Waals surface area contributed by atoms with Crippen molar-refractivity contribution < 1.29 is 45.7 Å². The summed E-state index contributed by atoms with van der Waals surface area (Å²) in [6.45, 7) is 0.767. The highest BCUT2D eigenvalue weighted by Gasteiger charge is 2.57. The Morgan fingerprint density at radius 1 is 0.848 bits per heavy atom. The van der Waals surface area contributed by atoms with E-state index in [1.54, 1.807) is 84.9 Å². The molecule has 0 saturated carbocycles. The van der Waals surface area contributed by atoms with Crippen molar-refractivity contribution in [3.05, 3.63) is 143 Å². The zero-order valence-electron chi connectivity index (χ0n) is 24.6. The van der Waals surface area contributed by atoms with Crippen molar-refractivity contribution in [2.75, 3.05) is 6.61 Å². The number of aliphatic hydroxyl groups is 1. The molecule has 242 valence electrons. The lowest BCUT2D eigenvalue weighted by Gasteiger charge is -2.42. The van der Waals surface area contributed by atoms with E-state index in [1.807, 2.05) is 6.07 Å². The summed E-state index contributed by atoms with van der Waals surface area (Å²) in [4.78, 5) is 15.4. The molecule has 4 aromatic carbocycles. The third-order valence-electron chi connectivity index (χ3n) is 8.23. The second kappa shape index (κ2) is 13.2. The van der Waals surface area contributed by atoms with Crippen molar-refractivity contribution in [1.82, 2.24) is 4.90 Å². The molecule has 1 fully saturated rings. The largest absolute Gasteiger partial charge is 0.445 e. The second-order valence-electron chi connectivity index (χ2n) is 11.2. The predicted molar refractivity (Wildman–Crippen MR) is 157 cm³/mol. The lowest BCUT2D eigenvalue weighted by molar-refractivity contribution is -0.143. The highest BCUT2D eigenvalue weighted by Crippen LogP contribution is 2.50. The van der Waals surface area contributed by atoms with E-state index >= 15 is 0 Å². The number of amides is 1. The maximum absolute atomic E-state index is 14.0. The predicted octanol–water partition coefficient (Wildman–Crippen LogP) is 8.84. The van der Waals surface area contributed by atoms with E-state index in [1.165, 1.54) is 11.8 Å². The summed E-state index contributed by atoms with van der Waals surface area (Å²) in [6, 6.07) is 26.9. The van der Waals surface area contributed by atoms with E-state index < -0.39 is 60.0 Å². The van der Waals surface area contributed by atoms with Crippen molar-refractivity contribution in [2.45, 2.75) is 56.1 Å². The molecule has 5 nitrogen and oxygen atoms in total. The number of carbonyl (C=O) groups excluding carboxylic acids is 1. The van der Waals surface area contributed by atoms with Crippen LogP contribution in [-0.2, 0) is 34.0 Å². The molecular formula is C35H31F6NO4. The molecule has 0 spiro atoms. The first kappa shape index (κ1) is 33.0. The monoisotopic (exact) mass is 643 g/mol. The number of nitrogens with zero attached hydrogens (tertiary/aromatic N) is 1. The lowest BCUT2D eigenvalue weighted by Crippen LogP contribution is -2.54.